The number of benzene rings is 3. The van der Waals surface area contributed by atoms with Crippen LogP contribution in [0.2, 0.25) is 15.1 Å². The lowest BCUT2D eigenvalue weighted by Gasteiger charge is -2.14. The smallest absolute Gasteiger partial charge is 0.293 e. The van der Waals surface area contributed by atoms with Crippen molar-refractivity contribution in [1.82, 2.24) is 4.90 Å². The topological polar surface area (TPSA) is 75.7 Å². The lowest BCUT2D eigenvalue weighted by atomic mass is 10.2. The highest BCUT2D eigenvalue weighted by atomic mass is 35.5. The molecule has 1 aliphatic rings. The molecule has 0 saturated carbocycles. The Morgan fingerprint density at radius 3 is 2.44 bits per heavy atom. The summed E-state index contributed by atoms with van der Waals surface area (Å²) in [5.41, 5.74) is 2.63. The van der Waals surface area contributed by atoms with Crippen LogP contribution < -0.4 is 10.1 Å². The third-order valence-electron chi connectivity index (χ3n) is 5.23. The number of nitrogens with zero attached hydrogens (tertiary/aromatic N) is 1. The highest BCUT2D eigenvalue weighted by Gasteiger charge is 2.35. The number of carbonyl (C=O) groups is 3. The number of carbonyl (C=O) groups excluding carboxylic acids is 3. The summed E-state index contributed by atoms with van der Waals surface area (Å²) in [6, 6.07) is 17.1. The van der Waals surface area contributed by atoms with Crippen LogP contribution in [-0.2, 0) is 16.1 Å². The zero-order chi connectivity index (χ0) is 25.8. The Labute approximate surface area is 227 Å². The Kier molecular flexibility index (Phi) is 8.26. The number of hydrogen-bond donors (Lipinski definition) is 1. The fourth-order valence-corrected chi connectivity index (χ4v) is 4.88. The molecule has 3 aromatic carbocycles. The first-order valence-electron chi connectivity index (χ1n) is 10.7. The number of aryl methyl sites for hydroxylation is 1. The average molecular weight is 562 g/mol. The zero-order valence-electron chi connectivity index (χ0n) is 18.9. The van der Waals surface area contributed by atoms with E-state index in [-0.39, 0.29) is 24.0 Å². The summed E-state index contributed by atoms with van der Waals surface area (Å²) < 4.78 is 5.60. The van der Waals surface area contributed by atoms with Gasteiger partial charge in [0, 0.05) is 26.3 Å². The second-order valence-corrected chi connectivity index (χ2v) is 10.1. The van der Waals surface area contributed by atoms with Gasteiger partial charge in [0.1, 0.15) is 5.75 Å². The van der Waals surface area contributed by atoms with Crippen LogP contribution in [-0.4, -0.2) is 28.6 Å². The van der Waals surface area contributed by atoms with Crippen molar-refractivity contribution >= 4 is 75.4 Å². The van der Waals surface area contributed by atoms with Gasteiger partial charge in [-0.25, -0.2) is 0 Å². The van der Waals surface area contributed by atoms with Crippen LogP contribution in [0, 0.1) is 6.92 Å². The van der Waals surface area contributed by atoms with Crippen LogP contribution in [0.4, 0.5) is 10.5 Å². The second kappa shape index (κ2) is 11.4. The van der Waals surface area contributed by atoms with E-state index in [9.17, 15) is 14.4 Å². The molecule has 0 aromatic heterocycles. The fourth-order valence-electron chi connectivity index (χ4n) is 3.34. The Hall–Kier alpha value is -2.97. The van der Waals surface area contributed by atoms with E-state index in [0.29, 0.717) is 37.6 Å². The molecule has 10 heteroatoms. The molecule has 0 aliphatic carbocycles. The number of halogens is 3. The molecule has 0 radical (unpaired) electrons. The van der Waals surface area contributed by atoms with Crippen LogP contribution >= 0.6 is 46.6 Å². The third kappa shape index (κ3) is 6.23. The maximum absolute atomic E-state index is 12.9. The molecule has 3 amide bonds. The highest BCUT2D eigenvalue weighted by Crippen LogP contribution is 2.36. The van der Waals surface area contributed by atoms with Gasteiger partial charge in [0.25, 0.3) is 17.1 Å². The number of thioether (sulfide) groups is 1. The summed E-state index contributed by atoms with van der Waals surface area (Å²) in [6.07, 6.45) is 1.60. The average Bonchev–Trinajstić information content (AvgIpc) is 3.10. The van der Waals surface area contributed by atoms with Gasteiger partial charge in [-0.05, 0) is 72.3 Å². The van der Waals surface area contributed by atoms with Crippen molar-refractivity contribution in [3.8, 4) is 5.75 Å². The van der Waals surface area contributed by atoms with Crippen molar-refractivity contribution in [3.05, 3.63) is 97.3 Å². The number of imide groups is 1. The van der Waals surface area contributed by atoms with Gasteiger partial charge < -0.3 is 10.1 Å². The molecule has 36 heavy (non-hydrogen) atoms. The first-order valence-corrected chi connectivity index (χ1v) is 12.6. The number of amides is 3. The molecular weight excluding hydrogens is 543 g/mol. The van der Waals surface area contributed by atoms with Crippen LogP contribution in [0.15, 0.2) is 65.6 Å². The minimum atomic E-state index is -0.441. The monoisotopic (exact) mass is 560 g/mol. The van der Waals surface area contributed by atoms with E-state index in [1.54, 1.807) is 60.7 Å². The molecular formula is C26H19Cl3N2O4S. The molecule has 1 N–H and O–H groups in total. The van der Waals surface area contributed by atoms with Gasteiger partial charge in [0.05, 0.1) is 11.4 Å². The Morgan fingerprint density at radius 1 is 1.00 bits per heavy atom. The Bertz CT molecular complexity index is 1370. The second-order valence-electron chi connectivity index (χ2n) is 7.84. The predicted molar refractivity (Wildman–Crippen MR) is 145 cm³/mol. The van der Waals surface area contributed by atoms with Crippen LogP contribution in [0.3, 0.4) is 0 Å². The van der Waals surface area contributed by atoms with Crippen molar-refractivity contribution in [2.75, 3.05) is 11.9 Å². The number of anilines is 1. The van der Waals surface area contributed by atoms with Gasteiger partial charge in [0.2, 0.25) is 0 Å². The van der Waals surface area contributed by atoms with Crippen molar-refractivity contribution in [2.24, 2.45) is 0 Å². The van der Waals surface area contributed by atoms with E-state index in [1.807, 2.05) is 13.0 Å². The first-order chi connectivity index (χ1) is 17.2. The lowest BCUT2D eigenvalue weighted by molar-refractivity contribution is -0.123. The fraction of sp³-hybridized carbons (Fsp3) is 0.115. The molecule has 0 bridgehead atoms. The standard InChI is InChI=1S/C26H19Cl3N2O4S/c1-15-8-9-17(12-22(15)29)30-24(32)14-35-18-5-2-4-16(10-18)11-23-25(33)31(26(34)36-23)13-19-20(27)6-3-7-21(19)28/h2-12H,13-14H2,1H3,(H,30,32)/b23-11-. The summed E-state index contributed by atoms with van der Waals surface area (Å²) in [7, 11) is 0. The Balaban J connectivity index is 1.40. The molecule has 1 aliphatic heterocycles. The van der Waals surface area contributed by atoms with Crippen LogP contribution in [0.25, 0.3) is 6.08 Å². The summed E-state index contributed by atoms with van der Waals surface area (Å²) in [6.45, 7) is 1.63. The molecule has 1 saturated heterocycles. The molecule has 6 nitrogen and oxygen atoms in total. The molecule has 1 fully saturated rings. The molecule has 0 atom stereocenters. The third-order valence-corrected chi connectivity index (χ3v) is 7.26. The number of nitrogens with one attached hydrogen (secondary N) is 1. The summed E-state index contributed by atoms with van der Waals surface area (Å²) in [5.74, 6) is -0.356. The molecule has 0 unspecified atom stereocenters. The molecule has 184 valence electrons. The summed E-state index contributed by atoms with van der Waals surface area (Å²) in [5, 5.41) is 3.63. The van der Waals surface area contributed by atoms with Gasteiger partial charge in [-0.2, -0.15) is 0 Å². The molecule has 0 spiro atoms. The first kappa shape index (κ1) is 26.1. The van der Waals surface area contributed by atoms with E-state index in [4.69, 9.17) is 39.5 Å². The van der Waals surface area contributed by atoms with E-state index >= 15 is 0 Å². The van der Waals surface area contributed by atoms with Crippen molar-refractivity contribution in [1.29, 1.82) is 0 Å². The van der Waals surface area contributed by atoms with Gasteiger partial charge in [-0.1, -0.05) is 59.1 Å². The SMILES string of the molecule is Cc1ccc(NC(=O)COc2cccc(/C=C3\SC(=O)N(Cc4c(Cl)cccc4Cl)C3=O)c2)cc1Cl. The van der Waals surface area contributed by atoms with Crippen LogP contribution in [0.5, 0.6) is 5.75 Å². The van der Waals surface area contributed by atoms with Crippen molar-refractivity contribution in [3.63, 3.8) is 0 Å². The van der Waals surface area contributed by atoms with Gasteiger partial charge in [-0.3, -0.25) is 19.3 Å². The van der Waals surface area contributed by atoms with E-state index < -0.39 is 11.1 Å². The maximum Gasteiger partial charge on any atom is 0.293 e. The maximum atomic E-state index is 12.9. The largest absolute Gasteiger partial charge is 0.484 e. The summed E-state index contributed by atoms with van der Waals surface area (Å²) >= 11 is 19.3. The minimum absolute atomic E-state index is 0.0228. The van der Waals surface area contributed by atoms with E-state index in [1.165, 1.54) is 0 Å². The quantitative estimate of drug-likeness (QED) is 0.309. The van der Waals surface area contributed by atoms with Gasteiger partial charge in [0.15, 0.2) is 6.61 Å². The summed E-state index contributed by atoms with van der Waals surface area (Å²) in [4.78, 5) is 39.0. The zero-order valence-corrected chi connectivity index (χ0v) is 22.0. The van der Waals surface area contributed by atoms with Gasteiger partial charge >= 0.3 is 0 Å². The Morgan fingerprint density at radius 2 is 1.72 bits per heavy atom. The molecule has 3 aromatic rings. The minimum Gasteiger partial charge on any atom is -0.484 e. The number of hydrogen-bond acceptors (Lipinski definition) is 5. The molecule has 4 rings (SSSR count). The van der Waals surface area contributed by atoms with E-state index in [0.717, 1.165) is 22.2 Å². The highest BCUT2D eigenvalue weighted by molar-refractivity contribution is 8.18. The van der Waals surface area contributed by atoms with Crippen molar-refractivity contribution < 1.29 is 19.1 Å². The molecule has 1 heterocycles. The lowest BCUT2D eigenvalue weighted by Crippen LogP contribution is -2.27. The van der Waals surface area contributed by atoms with Crippen molar-refractivity contribution in [2.45, 2.75) is 13.5 Å². The number of ether oxygens (including phenoxy) is 1. The normalized spacial score (nSPS) is 14.4. The van der Waals surface area contributed by atoms with E-state index in [2.05, 4.69) is 5.32 Å². The number of rotatable bonds is 7. The van der Waals surface area contributed by atoms with Gasteiger partial charge in [-0.15, -0.1) is 0 Å². The predicted octanol–water partition coefficient (Wildman–Crippen LogP) is 7.21. The van der Waals surface area contributed by atoms with Crippen LogP contribution in [0.1, 0.15) is 16.7 Å².